The van der Waals surface area contributed by atoms with E-state index in [1.54, 1.807) is 0 Å². The highest BCUT2D eigenvalue weighted by Crippen LogP contribution is 2.36. The lowest BCUT2D eigenvalue weighted by Crippen LogP contribution is -2.14. The van der Waals surface area contributed by atoms with Gasteiger partial charge in [0.25, 0.3) is 0 Å². The summed E-state index contributed by atoms with van der Waals surface area (Å²) in [4.78, 5) is 17.2. The quantitative estimate of drug-likeness (QED) is 0.163. The second-order valence-electron chi connectivity index (χ2n) is 10.6. The van der Waals surface area contributed by atoms with Crippen LogP contribution >= 0.6 is 11.6 Å². The van der Waals surface area contributed by atoms with E-state index in [-0.39, 0.29) is 5.97 Å². The first-order valence-electron chi connectivity index (χ1n) is 14.4. The van der Waals surface area contributed by atoms with Gasteiger partial charge in [0, 0.05) is 22.2 Å². The SMILES string of the molecule is COC(=O)c1ccc2c(c1)nc(-c1ccc(OCc3ccccc3OCc3ccc(Cl)cc3)cc1)n2C1CCCCC1. The Hall–Kier alpha value is -4.29. The molecule has 5 aromatic rings. The van der Waals surface area contributed by atoms with Gasteiger partial charge in [0.15, 0.2) is 0 Å². The number of carbonyl (C=O) groups is 1. The molecule has 0 amide bonds. The van der Waals surface area contributed by atoms with Crippen molar-refractivity contribution in [3.8, 4) is 22.9 Å². The molecule has 214 valence electrons. The third kappa shape index (κ3) is 6.14. The van der Waals surface area contributed by atoms with Gasteiger partial charge in [-0.05, 0) is 79.1 Å². The maximum Gasteiger partial charge on any atom is 0.337 e. The summed E-state index contributed by atoms with van der Waals surface area (Å²) in [5, 5.41) is 0.706. The van der Waals surface area contributed by atoms with Gasteiger partial charge >= 0.3 is 5.97 Å². The van der Waals surface area contributed by atoms with Gasteiger partial charge in [-0.2, -0.15) is 0 Å². The Kier molecular flexibility index (Phi) is 8.42. The summed E-state index contributed by atoms with van der Waals surface area (Å²) in [7, 11) is 1.40. The number of carbonyl (C=O) groups excluding carboxylic acids is 1. The number of hydrogen-bond acceptors (Lipinski definition) is 5. The first-order valence-corrected chi connectivity index (χ1v) is 14.8. The number of benzene rings is 4. The average molecular weight is 581 g/mol. The maximum atomic E-state index is 12.2. The number of halogens is 1. The molecule has 0 unspecified atom stereocenters. The largest absolute Gasteiger partial charge is 0.489 e. The van der Waals surface area contributed by atoms with E-state index in [0.29, 0.717) is 29.8 Å². The number of ether oxygens (including phenoxy) is 3. The van der Waals surface area contributed by atoms with E-state index in [0.717, 1.165) is 57.9 Å². The normalized spacial score (nSPS) is 13.7. The minimum absolute atomic E-state index is 0.357. The highest BCUT2D eigenvalue weighted by Gasteiger charge is 2.23. The number of fused-ring (bicyclic) bond motifs is 1. The molecular formula is C35H33ClN2O4. The zero-order valence-electron chi connectivity index (χ0n) is 23.6. The van der Waals surface area contributed by atoms with E-state index >= 15 is 0 Å². The fourth-order valence-corrected chi connectivity index (χ4v) is 5.75. The lowest BCUT2D eigenvalue weighted by Gasteiger charge is -2.25. The van der Waals surface area contributed by atoms with Crippen LogP contribution in [0.2, 0.25) is 5.02 Å². The van der Waals surface area contributed by atoms with Crippen LogP contribution in [-0.4, -0.2) is 22.6 Å². The smallest absolute Gasteiger partial charge is 0.337 e. The van der Waals surface area contributed by atoms with Gasteiger partial charge in [-0.1, -0.05) is 61.2 Å². The average Bonchev–Trinajstić information content (AvgIpc) is 3.43. The van der Waals surface area contributed by atoms with Gasteiger partial charge in [0.1, 0.15) is 30.5 Å². The molecule has 0 saturated heterocycles. The van der Waals surface area contributed by atoms with Crippen LogP contribution in [0.25, 0.3) is 22.4 Å². The number of aromatic nitrogens is 2. The molecule has 0 atom stereocenters. The highest BCUT2D eigenvalue weighted by atomic mass is 35.5. The minimum Gasteiger partial charge on any atom is -0.489 e. The molecule has 0 aliphatic heterocycles. The van der Waals surface area contributed by atoms with Crippen molar-refractivity contribution < 1.29 is 19.0 Å². The number of methoxy groups -OCH3 is 1. The van der Waals surface area contributed by atoms with Crippen molar-refractivity contribution in [2.45, 2.75) is 51.4 Å². The third-order valence-electron chi connectivity index (χ3n) is 7.84. The molecule has 6 rings (SSSR count). The zero-order valence-corrected chi connectivity index (χ0v) is 24.3. The summed E-state index contributed by atoms with van der Waals surface area (Å²) < 4.78 is 19.6. The standard InChI is InChI=1S/C35H33ClN2O4/c1-40-35(39)26-15-20-32-31(21-26)37-34(38(32)29-8-3-2-4-9-29)25-13-18-30(19-14-25)41-23-27-7-5-6-10-33(27)42-22-24-11-16-28(36)17-12-24/h5-7,10-21,29H,2-4,8-9,22-23H2,1H3. The topological polar surface area (TPSA) is 62.6 Å². The summed E-state index contributed by atoms with van der Waals surface area (Å²) in [6, 6.07) is 29.7. The Bertz CT molecular complexity index is 1670. The molecule has 1 fully saturated rings. The van der Waals surface area contributed by atoms with Crippen LogP contribution in [0.4, 0.5) is 0 Å². The monoisotopic (exact) mass is 580 g/mol. The molecule has 0 spiro atoms. The molecule has 42 heavy (non-hydrogen) atoms. The van der Waals surface area contributed by atoms with Gasteiger partial charge < -0.3 is 18.8 Å². The van der Waals surface area contributed by atoms with Crippen molar-refractivity contribution in [3.05, 3.63) is 113 Å². The van der Waals surface area contributed by atoms with Crippen LogP contribution in [0.15, 0.2) is 91.0 Å². The molecule has 0 radical (unpaired) electrons. The molecule has 1 heterocycles. The Morgan fingerprint density at radius 2 is 1.64 bits per heavy atom. The molecule has 1 aliphatic carbocycles. The van der Waals surface area contributed by atoms with Gasteiger partial charge in [-0.15, -0.1) is 0 Å². The zero-order chi connectivity index (χ0) is 28.9. The number of imidazole rings is 1. The van der Waals surface area contributed by atoms with Crippen LogP contribution < -0.4 is 9.47 Å². The molecule has 0 bridgehead atoms. The van der Waals surface area contributed by atoms with Crippen molar-refractivity contribution in [3.63, 3.8) is 0 Å². The predicted molar refractivity (Wildman–Crippen MR) is 165 cm³/mol. The molecule has 1 aliphatic rings. The minimum atomic E-state index is -0.357. The van der Waals surface area contributed by atoms with E-state index in [9.17, 15) is 4.79 Å². The first kappa shape index (κ1) is 27.9. The van der Waals surface area contributed by atoms with Crippen molar-refractivity contribution in [1.29, 1.82) is 0 Å². The van der Waals surface area contributed by atoms with E-state index in [1.807, 2.05) is 78.9 Å². The third-order valence-corrected chi connectivity index (χ3v) is 8.09. The number of esters is 1. The van der Waals surface area contributed by atoms with E-state index in [1.165, 1.54) is 26.4 Å². The van der Waals surface area contributed by atoms with E-state index < -0.39 is 0 Å². The van der Waals surface area contributed by atoms with Crippen molar-refractivity contribution in [2.24, 2.45) is 0 Å². The Morgan fingerprint density at radius 1 is 0.881 bits per heavy atom. The van der Waals surface area contributed by atoms with Gasteiger partial charge in [-0.25, -0.2) is 9.78 Å². The van der Waals surface area contributed by atoms with Gasteiger partial charge in [0.05, 0.1) is 23.7 Å². The number of hydrogen-bond donors (Lipinski definition) is 0. The van der Waals surface area contributed by atoms with E-state index in [2.05, 4.69) is 16.7 Å². The Labute approximate surface area is 250 Å². The summed E-state index contributed by atoms with van der Waals surface area (Å²) in [5.41, 5.74) is 5.37. The lowest BCUT2D eigenvalue weighted by atomic mass is 9.95. The second kappa shape index (κ2) is 12.7. The molecule has 1 saturated carbocycles. The van der Waals surface area contributed by atoms with Crippen molar-refractivity contribution in [1.82, 2.24) is 9.55 Å². The molecule has 4 aromatic carbocycles. The highest BCUT2D eigenvalue weighted by molar-refractivity contribution is 6.30. The number of para-hydroxylation sites is 1. The van der Waals surface area contributed by atoms with Crippen LogP contribution in [0, 0.1) is 0 Å². The molecule has 6 nitrogen and oxygen atoms in total. The van der Waals surface area contributed by atoms with Crippen LogP contribution in [0.5, 0.6) is 11.5 Å². The predicted octanol–water partition coefficient (Wildman–Crippen LogP) is 8.81. The molecule has 1 aromatic heterocycles. The number of nitrogens with zero attached hydrogens (tertiary/aromatic N) is 2. The molecule has 7 heteroatoms. The van der Waals surface area contributed by atoms with Crippen molar-refractivity contribution >= 4 is 28.6 Å². The molecular weight excluding hydrogens is 548 g/mol. The maximum absolute atomic E-state index is 12.2. The summed E-state index contributed by atoms with van der Waals surface area (Å²) >= 11 is 6.00. The fraction of sp³-hybridized carbons (Fsp3) is 0.257. The van der Waals surface area contributed by atoms with Gasteiger partial charge in [0.2, 0.25) is 0 Å². The van der Waals surface area contributed by atoms with Crippen molar-refractivity contribution in [2.75, 3.05) is 7.11 Å². The fourth-order valence-electron chi connectivity index (χ4n) is 5.62. The van der Waals surface area contributed by atoms with Gasteiger partial charge in [-0.3, -0.25) is 0 Å². The Morgan fingerprint density at radius 3 is 2.40 bits per heavy atom. The van der Waals surface area contributed by atoms with Crippen LogP contribution in [0.3, 0.4) is 0 Å². The van der Waals surface area contributed by atoms with Crippen LogP contribution in [-0.2, 0) is 18.0 Å². The summed E-state index contributed by atoms with van der Waals surface area (Å²) in [6.45, 7) is 0.832. The number of rotatable bonds is 9. The first-order chi connectivity index (χ1) is 20.6. The van der Waals surface area contributed by atoms with Crippen LogP contribution in [0.1, 0.15) is 59.6 Å². The van der Waals surface area contributed by atoms with E-state index in [4.69, 9.17) is 30.8 Å². The molecule has 0 N–H and O–H groups in total. The summed E-state index contributed by atoms with van der Waals surface area (Å²) in [5.74, 6) is 2.10. The lowest BCUT2D eigenvalue weighted by molar-refractivity contribution is 0.0601. The second-order valence-corrected chi connectivity index (χ2v) is 11.1. The Balaban J connectivity index is 1.21. The summed E-state index contributed by atoms with van der Waals surface area (Å²) in [6.07, 6.45) is 5.94.